The van der Waals surface area contributed by atoms with Crippen LogP contribution in [0.5, 0.6) is 0 Å². The summed E-state index contributed by atoms with van der Waals surface area (Å²) in [6.45, 7) is 5.59. The quantitative estimate of drug-likeness (QED) is 0.900. The van der Waals surface area contributed by atoms with Gasteiger partial charge in [0.15, 0.2) is 0 Å². The third-order valence-electron chi connectivity index (χ3n) is 4.11. The number of likely N-dealkylation sites (N-methyl/N-ethyl adjacent to an activating group) is 1. The molecule has 0 aliphatic carbocycles. The van der Waals surface area contributed by atoms with E-state index >= 15 is 0 Å². The molecule has 0 bridgehead atoms. The SMILES string of the molecule is CN(Cc1cc(Br)cs1)C(C)(CN)C1CCOC1. The molecule has 1 aromatic heterocycles. The van der Waals surface area contributed by atoms with Crippen molar-refractivity contribution < 1.29 is 4.74 Å². The van der Waals surface area contributed by atoms with Gasteiger partial charge < -0.3 is 10.5 Å². The molecule has 0 saturated carbocycles. The Morgan fingerprint density at radius 1 is 1.67 bits per heavy atom. The minimum absolute atomic E-state index is 0.0208. The van der Waals surface area contributed by atoms with E-state index < -0.39 is 0 Å². The summed E-state index contributed by atoms with van der Waals surface area (Å²) in [5.74, 6) is 0.538. The van der Waals surface area contributed by atoms with Crippen molar-refractivity contribution >= 4 is 27.3 Å². The number of nitrogens with zero attached hydrogens (tertiary/aromatic N) is 1. The first kappa shape index (κ1) is 14.5. The molecular weight excluding hydrogens is 312 g/mol. The maximum Gasteiger partial charge on any atom is 0.0513 e. The van der Waals surface area contributed by atoms with Gasteiger partial charge in [-0.2, -0.15) is 0 Å². The molecule has 5 heteroatoms. The first-order chi connectivity index (χ1) is 8.56. The van der Waals surface area contributed by atoms with Crippen LogP contribution in [0.25, 0.3) is 0 Å². The molecule has 2 rings (SSSR count). The van der Waals surface area contributed by atoms with Crippen LogP contribution in [0, 0.1) is 5.92 Å². The van der Waals surface area contributed by atoms with Crippen LogP contribution in [0.15, 0.2) is 15.9 Å². The van der Waals surface area contributed by atoms with E-state index in [1.807, 2.05) is 0 Å². The molecule has 0 amide bonds. The molecule has 2 unspecified atom stereocenters. The van der Waals surface area contributed by atoms with Crippen molar-refractivity contribution in [3.05, 3.63) is 20.8 Å². The fraction of sp³-hybridized carbons (Fsp3) is 0.692. The lowest BCUT2D eigenvalue weighted by molar-refractivity contribution is 0.0617. The average molecular weight is 333 g/mol. The van der Waals surface area contributed by atoms with Crippen LogP contribution in [-0.2, 0) is 11.3 Å². The van der Waals surface area contributed by atoms with Crippen LogP contribution in [0.1, 0.15) is 18.2 Å². The topological polar surface area (TPSA) is 38.5 Å². The maximum atomic E-state index is 6.04. The van der Waals surface area contributed by atoms with E-state index in [1.165, 1.54) is 4.88 Å². The van der Waals surface area contributed by atoms with Gasteiger partial charge in [-0.05, 0) is 42.4 Å². The first-order valence-corrected chi connectivity index (χ1v) is 7.95. The molecule has 1 fully saturated rings. The number of hydrogen-bond donors (Lipinski definition) is 1. The molecule has 0 radical (unpaired) electrons. The van der Waals surface area contributed by atoms with Crippen LogP contribution < -0.4 is 5.73 Å². The van der Waals surface area contributed by atoms with Gasteiger partial charge in [0.1, 0.15) is 0 Å². The Morgan fingerprint density at radius 2 is 2.44 bits per heavy atom. The Bertz CT molecular complexity index is 392. The van der Waals surface area contributed by atoms with Gasteiger partial charge >= 0.3 is 0 Å². The van der Waals surface area contributed by atoms with Gasteiger partial charge in [0.2, 0.25) is 0 Å². The van der Waals surface area contributed by atoms with Crippen molar-refractivity contribution in [3.8, 4) is 0 Å². The molecule has 18 heavy (non-hydrogen) atoms. The zero-order valence-electron chi connectivity index (χ0n) is 11.0. The van der Waals surface area contributed by atoms with Crippen molar-refractivity contribution in [1.82, 2.24) is 4.90 Å². The molecule has 2 N–H and O–H groups in total. The molecule has 3 nitrogen and oxygen atoms in total. The molecule has 1 saturated heterocycles. The van der Waals surface area contributed by atoms with E-state index in [4.69, 9.17) is 10.5 Å². The highest BCUT2D eigenvalue weighted by Gasteiger charge is 2.38. The molecule has 1 aliphatic heterocycles. The van der Waals surface area contributed by atoms with Crippen molar-refractivity contribution in [1.29, 1.82) is 0 Å². The summed E-state index contributed by atoms with van der Waals surface area (Å²) in [7, 11) is 2.17. The highest BCUT2D eigenvalue weighted by Crippen LogP contribution is 2.32. The number of ether oxygens (including phenoxy) is 1. The van der Waals surface area contributed by atoms with Gasteiger partial charge in [-0.15, -0.1) is 11.3 Å². The van der Waals surface area contributed by atoms with Gasteiger partial charge in [-0.1, -0.05) is 0 Å². The molecule has 2 heterocycles. The van der Waals surface area contributed by atoms with Crippen molar-refractivity contribution in [2.24, 2.45) is 11.7 Å². The van der Waals surface area contributed by atoms with Gasteiger partial charge in [0.25, 0.3) is 0 Å². The van der Waals surface area contributed by atoms with E-state index in [9.17, 15) is 0 Å². The molecule has 0 aromatic carbocycles. The lowest BCUT2D eigenvalue weighted by atomic mass is 9.83. The number of hydrogen-bond acceptors (Lipinski definition) is 4. The molecule has 1 aromatic rings. The third kappa shape index (κ3) is 2.96. The van der Waals surface area contributed by atoms with Crippen molar-refractivity contribution in [2.45, 2.75) is 25.4 Å². The number of halogens is 1. The normalized spacial score (nSPS) is 23.5. The van der Waals surface area contributed by atoms with E-state index in [-0.39, 0.29) is 5.54 Å². The second kappa shape index (κ2) is 6.01. The van der Waals surface area contributed by atoms with Crippen molar-refractivity contribution in [2.75, 3.05) is 26.8 Å². The standard InChI is InChI=1S/C13H21BrN2OS/c1-13(9-15,10-3-4-17-7-10)16(2)6-12-5-11(14)8-18-12/h5,8,10H,3-4,6-7,9,15H2,1-2H3. The Morgan fingerprint density at radius 3 is 2.94 bits per heavy atom. The zero-order chi connectivity index (χ0) is 13.2. The number of thiophene rings is 1. The van der Waals surface area contributed by atoms with Crippen LogP contribution in [0.4, 0.5) is 0 Å². The molecule has 1 aliphatic rings. The Kier molecular flexibility index (Phi) is 4.83. The second-order valence-corrected chi connectivity index (χ2v) is 7.12. The van der Waals surface area contributed by atoms with Gasteiger partial charge in [0, 0.05) is 45.9 Å². The van der Waals surface area contributed by atoms with Gasteiger partial charge in [-0.25, -0.2) is 0 Å². The minimum atomic E-state index is 0.0208. The Labute approximate surface area is 121 Å². The predicted molar refractivity (Wildman–Crippen MR) is 79.9 cm³/mol. The summed E-state index contributed by atoms with van der Waals surface area (Å²) >= 11 is 5.29. The maximum absolute atomic E-state index is 6.04. The summed E-state index contributed by atoms with van der Waals surface area (Å²) in [6, 6.07) is 2.18. The molecule has 2 atom stereocenters. The lowest BCUT2D eigenvalue weighted by Gasteiger charge is -2.42. The summed E-state index contributed by atoms with van der Waals surface area (Å²) in [5, 5.41) is 2.13. The first-order valence-electron chi connectivity index (χ1n) is 6.28. The van der Waals surface area contributed by atoms with Crippen LogP contribution >= 0.6 is 27.3 Å². The van der Waals surface area contributed by atoms with E-state index in [1.54, 1.807) is 11.3 Å². The highest BCUT2D eigenvalue weighted by atomic mass is 79.9. The highest BCUT2D eigenvalue weighted by molar-refractivity contribution is 9.10. The Hall–Kier alpha value is 0.0600. The monoisotopic (exact) mass is 332 g/mol. The van der Waals surface area contributed by atoms with E-state index in [2.05, 4.69) is 46.2 Å². The van der Waals surface area contributed by atoms with Gasteiger partial charge in [0.05, 0.1) is 6.61 Å². The predicted octanol–water partition coefficient (Wildman–Crippen LogP) is 2.70. The number of nitrogens with two attached hydrogens (primary N) is 1. The third-order valence-corrected chi connectivity index (χ3v) is 5.79. The molecule has 0 spiro atoms. The van der Waals surface area contributed by atoms with E-state index in [0.717, 1.165) is 30.7 Å². The smallest absolute Gasteiger partial charge is 0.0513 e. The average Bonchev–Trinajstić information content (AvgIpc) is 2.99. The van der Waals surface area contributed by atoms with Crippen LogP contribution in [-0.4, -0.2) is 37.2 Å². The minimum Gasteiger partial charge on any atom is -0.381 e. The van der Waals surface area contributed by atoms with Gasteiger partial charge in [-0.3, -0.25) is 4.90 Å². The van der Waals surface area contributed by atoms with Crippen molar-refractivity contribution in [3.63, 3.8) is 0 Å². The lowest BCUT2D eigenvalue weighted by Crippen LogP contribution is -2.54. The fourth-order valence-electron chi connectivity index (χ4n) is 2.51. The van der Waals surface area contributed by atoms with Crippen LogP contribution in [0.2, 0.25) is 0 Å². The zero-order valence-corrected chi connectivity index (χ0v) is 13.4. The molecular formula is C13H21BrN2OS. The summed E-state index contributed by atoms with van der Waals surface area (Å²) in [6.07, 6.45) is 1.12. The van der Waals surface area contributed by atoms with E-state index in [0.29, 0.717) is 12.5 Å². The Balaban J connectivity index is 2.06. The summed E-state index contributed by atoms with van der Waals surface area (Å²) in [4.78, 5) is 3.74. The summed E-state index contributed by atoms with van der Waals surface area (Å²) in [5.41, 5.74) is 6.06. The van der Waals surface area contributed by atoms with Crippen LogP contribution in [0.3, 0.4) is 0 Å². The fourth-order valence-corrected chi connectivity index (χ4v) is 4.01. The molecule has 102 valence electrons. The number of rotatable bonds is 5. The largest absolute Gasteiger partial charge is 0.381 e. The second-order valence-electron chi connectivity index (χ2n) is 5.21. The summed E-state index contributed by atoms with van der Waals surface area (Å²) < 4.78 is 6.68.